The van der Waals surface area contributed by atoms with Crippen molar-refractivity contribution >= 4 is 22.8 Å². The molecule has 2 aliphatic heterocycles. The molecule has 0 fully saturated rings. The molecular formula is C28H29N3O7. The van der Waals surface area contributed by atoms with Crippen molar-refractivity contribution in [2.75, 3.05) is 7.11 Å². The normalized spacial score (nSPS) is 21.5. The van der Waals surface area contributed by atoms with Crippen molar-refractivity contribution in [2.45, 2.75) is 70.4 Å². The van der Waals surface area contributed by atoms with Crippen molar-refractivity contribution in [1.29, 1.82) is 0 Å². The smallest absolute Gasteiger partial charge is 0.343 e. The lowest BCUT2D eigenvalue weighted by molar-refractivity contribution is -0.172. The molecule has 3 atom stereocenters. The van der Waals surface area contributed by atoms with Crippen molar-refractivity contribution in [1.82, 2.24) is 14.9 Å². The van der Waals surface area contributed by atoms with Crippen LogP contribution in [-0.4, -0.2) is 44.9 Å². The maximum Gasteiger partial charge on any atom is 0.343 e. The number of ether oxygens (including phenoxy) is 2. The quantitative estimate of drug-likeness (QED) is 0.329. The molecule has 2 unspecified atom stereocenters. The van der Waals surface area contributed by atoms with Crippen LogP contribution >= 0.6 is 0 Å². The summed E-state index contributed by atoms with van der Waals surface area (Å²) >= 11 is 0. The summed E-state index contributed by atoms with van der Waals surface area (Å²) in [5, 5.41) is 24.8. The summed E-state index contributed by atoms with van der Waals surface area (Å²) in [5.74, 6) is -0.238. The third-order valence-electron chi connectivity index (χ3n) is 8.06. The van der Waals surface area contributed by atoms with Gasteiger partial charge in [-0.25, -0.2) is 9.78 Å². The Morgan fingerprint density at radius 2 is 2.11 bits per heavy atom. The predicted octanol–water partition coefficient (Wildman–Crippen LogP) is 1.96. The first kappa shape index (κ1) is 24.6. The Morgan fingerprint density at radius 1 is 1.32 bits per heavy atom. The number of fused-ring (bicyclic) bond motifs is 5. The third-order valence-corrected chi connectivity index (χ3v) is 8.06. The number of pyridine rings is 2. The molecule has 0 spiro atoms. The molecule has 1 aliphatic carbocycles. The summed E-state index contributed by atoms with van der Waals surface area (Å²) in [6, 6.07) is 5.03. The number of methoxy groups -OCH3 is 1. The number of nitrogens with zero attached hydrogens (tertiary/aromatic N) is 2. The van der Waals surface area contributed by atoms with Crippen LogP contribution in [0.4, 0.5) is 0 Å². The summed E-state index contributed by atoms with van der Waals surface area (Å²) in [4.78, 5) is 43.8. The number of cyclic esters (lactones) is 1. The van der Waals surface area contributed by atoms with E-state index < -0.39 is 17.7 Å². The fourth-order valence-electron chi connectivity index (χ4n) is 6.07. The molecule has 3 aliphatic rings. The van der Waals surface area contributed by atoms with Crippen molar-refractivity contribution in [3.63, 3.8) is 0 Å². The molecule has 10 heteroatoms. The molecule has 1 aromatic carbocycles. The molecule has 38 heavy (non-hydrogen) atoms. The Bertz CT molecular complexity index is 1590. The van der Waals surface area contributed by atoms with Crippen LogP contribution in [0.15, 0.2) is 23.0 Å². The van der Waals surface area contributed by atoms with Gasteiger partial charge in [0, 0.05) is 34.9 Å². The highest BCUT2D eigenvalue weighted by atomic mass is 16.6. The van der Waals surface area contributed by atoms with E-state index in [9.17, 15) is 24.6 Å². The van der Waals surface area contributed by atoms with Gasteiger partial charge in [-0.3, -0.25) is 9.59 Å². The first-order valence-electron chi connectivity index (χ1n) is 12.8. The van der Waals surface area contributed by atoms with Crippen molar-refractivity contribution in [3.8, 4) is 17.1 Å². The predicted molar refractivity (Wildman–Crippen MR) is 137 cm³/mol. The summed E-state index contributed by atoms with van der Waals surface area (Å²) in [6.07, 6.45) is 0.534. The van der Waals surface area contributed by atoms with E-state index in [1.54, 1.807) is 31.6 Å². The van der Waals surface area contributed by atoms with Crippen LogP contribution in [0.2, 0.25) is 0 Å². The number of carbonyl (C=O) groups excluding carboxylic acids is 2. The number of amides is 1. The number of hydrogen-bond donors (Lipinski definition) is 3. The van der Waals surface area contributed by atoms with Gasteiger partial charge in [0.15, 0.2) is 5.60 Å². The fraction of sp³-hybridized carbons (Fsp3) is 0.429. The summed E-state index contributed by atoms with van der Waals surface area (Å²) in [5.41, 5.74) is 2.75. The molecule has 1 amide bonds. The highest BCUT2D eigenvalue weighted by Gasteiger charge is 2.46. The van der Waals surface area contributed by atoms with Gasteiger partial charge in [0.1, 0.15) is 12.4 Å². The number of aliphatic hydroxyl groups excluding tert-OH is 1. The van der Waals surface area contributed by atoms with Gasteiger partial charge in [-0.1, -0.05) is 6.92 Å². The van der Waals surface area contributed by atoms with E-state index in [1.807, 2.05) is 12.1 Å². The van der Waals surface area contributed by atoms with E-state index >= 15 is 0 Å². The molecule has 6 rings (SSSR count). The highest BCUT2D eigenvalue weighted by Crippen LogP contribution is 2.48. The number of aliphatic hydroxyl groups is 2. The van der Waals surface area contributed by atoms with Gasteiger partial charge in [-0.15, -0.1) is 0 Å². The zero-order valence-electron chi connectivity index (χ0n) is 21.5. The second-order valence-electron chi connectivity index (χ2n) is 10.3. The SMILES string of the molecule is CC[C@@]1(O)C(=O)OCc2c1cc1n(c2=O)Cc2c-1nc1ccc(OC)c3c1c2C(NC(=O)CCC(C)O)C3. The van der Waals surface area contributed by atoms with E-state index in [1.165, 1.54) is 0 Å². The molecule has 0 radical (unpaired) electrons. The Hall–Kier alpha value is -3.76. The van der Waals surface area contributed by atoms with E-state index in [0.717, 1.165) is 22.1 Å². The van der Waals surface area contributed by atoms with Crippen LogP contribution in [0.3, 0.4) is 0 Å². The van der Waals surface area contributed by atoms with Crippen LogP contribution in [0.25, 0.3) is 22.3 Å². The fourth-order valence-corrected chi connectivity index (χ4v) is 6.07. The van der Waals surface area contributed by atoms with Crippen molar-refractivity contribution in [3.05, 3.63) is 56.4 Å². The first-order chi connectivity index (χ1) is 18.2. The Kier molecular flexibility index (Phi) is 5.59. The van der Waals surface area contributed by atoms with E-state index in [4.69, 9.17) is 14.5 Å². The minimum absolute atomic E-state index is 0.0642. The lowest BCUT2D eigenvalue weighted by Gasteiger charge is -2.31. The largest absolute Gasteiger partial charge is 0.496 e. The maximum atomic E-state index is 13.6. The topological polar surface area (TPSA) is 140 Å². The van der Waals surface area contributed by atoms with Crippen molar-refractivity contribution in [2.24, 2.45) is 0 Å². The van der Waals surface area contributed by atoms with Crippen LogP contribution in [0.5, 0.6) is 5.75 Å². The van der Waals surface area contributed by atoms with E-state index in [-0.39, 0.29) is 54.6 Å². The second kappa shape index (κ2) is 8.64. The number of esters is 1. The van der Waals surface area contributed by atoms with Gasteiger partial charge >= 0.3 is 5.97 Å². The molecule has 4 heterocycles. The van der Waals surface area contributed by atoms with Gasteiger partial charge in [0.05, 0.1) is 48.3 Å². The highest BCUT2D eigenvalue weighted by molar-refractivity contribution is 5.95. The number of benzene rings is 1. The molecule has 0 bridgehead atoms. The molecule has 3 aromatic rings. The molecule has 0 saturated carbocycles. The number of nitrogens with one attached hydrogen (secondary N) is 1. The molecule has 10 nitrogen and oxygen atoms in total. The maximum absolute atomic E-state index is 13.6. The second-order valence-corrected chi connectivity index (χ2v) is 10.3. The Labute approximate surface area is 218 Å². The minimum atomic E-state index is -1.90. The van der Waals surface area contributed by atoms with Crippen LogP contribution in [-0.2, 0) is 39.5 Å². The Balaban J connectivity index is 1.54. The van der Waals surface area contributed by atoms with Crippen LogP contribution in [0, 0.1) is 0 Å². The number of carbonyl (C=O) groups is 2. The van der Waals surface area contributed by atoms with Gasteiger partial charge in [-0.2, -0.15) is 0 Å². The zero-order chi connectivity index (χ0) is 26.9. The molecular weight excluding hydrogens is 490 g/mol. The van der Waals surface area contributed by atoms with Crippen LogP contribution < -0.4 is 15.6 Å². The molecule has 0 saturated heterocycles. The minimum Gasteiger partial charge on any atom is -0.496 e. The Morgan fingerprint density at radius 3 is 2.82 bits per heavy atom. The van der Waals surface area contributed by atoms with E-state index in [0.29, 0.717) is 35.5 Å². The van der Waals surface area contributed by atoms with Gasteiger partial charge < -0.3 is 29.6 Å². The van der Waals surface area contributed by atoms with Crippen LogP contribution in [0.1, 0.15) is 67.0 Å². The standard InChI is InChI=1S/C28H29N3O7/c1-4-28(36)17-10-20-25-15(11-31(20)26(34)16(17)12-38-27(28)35)24-19(29-22(33)8-5-13(2)32)9-14-21(37-3)7-6-18(30-25)23(14)24/h6-7,10,13,19,32,36H,4-5,8-9,11-12H2,1-3H3,(H,29,33)/t13?,19?,28-/m0/s1. The summed E-state index contributed by atoms with van der Waals surface area (Å²) in [7, 11) is 1.60. The number of hydrogen-bond acceptors (Lipinski definition) is 8. The van der Waals surface area contributed by atoms with E-state index in [2.05, 4.69) is 5.32 Å². The molecule has 3 N–H and O–H groups in total. The van der Waals surface area contributed by atoms with Crippen molar-refractivity contribution < 1.29 is 29.3 Å². The molecule has 198 valence electrons. The molecule has 2 aromatic heterocycles. The monoisotopic (exact) mass is 519 g/mol. The lowest BCUT2D eigenvalue weighted by atomic mass is 9.86. The first-order valence-corrected chi connectivity index (χ1v) is 12.8. The van der Waals surface area contributed by atoms with Gasteiger partial charge in [0.2, 0.25) is 5.91 Å². The average molecular weight is 520 g/mol. The van der Waals surface area contributed by atoms with Gasteiger partial charge in [0.25, 0.3) is 5.56 Å². The zero-order valence-corrected chi connectivity index (χ0v) is 21.5. The number of aromatic nitrogens is 2. The van der Waals surface area contributed by atoms with Gasteiger partial charge in [-0.05, 0) is 43.5 Å². The third kappa shape index (κ3) is 3.40. The summed E-state index contributed by atoms with van der Waals surface area (Å²) in [6.45, 7) is 3.36. The average Bonchev–Trinajstić information content (AvgIpc) is 3.45. The number of rotatable bonds is 6. The lowest BCUT2D eigenvalue weighted by Crippen LogP contribution is -2.44. The summed E-state index contributed by atoms with van der Waals surface area (Å²) < 4.78 is 12.4.